The molecule has 34 nitrogen and oxygen atoms in total. The Balaban J connectivity index is 1.03. The standard InChI is InChI=1S/C53H44O34/c54-10-27-20(57)9-26(81-48(76)15-6-22(59)36(67)40(71)29(15)13-1-2-19(56)35(66)31(13)62)52(82-27)87-51(79)18-8-24(61)38(69)43(74)44(18)80-25-4-12(3-21(58)34(25)65)47(75)86-53-46-45(39(70)28(11-55)83-53)84-50(78)17-5-14(32(63)42(73)33(17)64)30-16(49(77)85-46)7-23(60)37(68)41(30)72/h1-8,20,26-28,39,45-46,52-74H,9-11H2. The average Bonchev–Trinajstić information content (AvgIpc) is 2.23. The number of ether oxygens (including phenoxy) is 8. The lowest BCUT2D eigenvalue weighted by Crippen LogP contribution is -2.62. The maximum absolute atomic E-state index is 14.2. The molecule has 2 bridgehead atoms. The summed E-state index contributed by atoms with van der Waals surface area (Å²) in [6.07, 6.45) is -20.1. The molecule has 0 aromatic heterocycles. The van der Waals surface area contributed by atoms with Crippen molar-refractivity contribution in [2.24, 2.45) is 0 Å². The van der Waals surface area contributed by atoms with Crippen LogP contribution in [0, 0.1) is 0 Å². The van der Waals surface area contributed by atoms with Crippen LogP contribution in [0.2, 0.25) is 0 Å². The van der Waals surface area contributed by atoms with Crippen LogP contribution in [-0.2, 0) is 33.2 Å². The van der Waals surface area contributed by atoms with E-state index >= 15 is 0 Å². The highest BCUT2D eigenvalue weighted by atomic mass is 16.7. The topological polar surface area (TPSA) is 584 Å². The van der Waals surface area contributed by atoms with Gasteiger partial charge in [-0.3, -0.25) is 0 Å². The van der Waals surface area contributed by atoms with Crippen LogP contribution in [0.4, 0.5) is 0 Å². The second-order valence-electron chi connectivity index (χ2n) is 19.0. The number of aliphatic hydroxyl groups excluding tert-OH is 4. The average molecular weight is 1220 g/mol. The third-order valence-corrected chi connectivity index (χ3v) is 13.7. The van der Waals surface area contributed by atoms with Gasteiger partial charge in [0.25, 0.3) is 0 Å². The monoisotopic (exact) mass is 1220 g/mol. The number of hydrogen-bond acceptors (Lipinski definition) is 34. The van der Waals surface area contributed by atoms with E-state index in [4.69, 9.17) is 37.9 Å². The van der Waals surface area contributed by atoms with E-state index in [0.29, 0.717) is 36.4 Å². The molecule has 34 heteroatoms. The van der Waals surface area contributed by atoms with E-state index in [1.165, 1.54) is 0 Å². The molecule has 3 aliphatic heterocycles. The molecule has 21 N–H and O–H groups in total. The molecule has 9 rings (SSSR count). The van der Waals surface area contributed by atoms with Crippen molar-refractivity contribution in [3.05, 3.63) is 76.3 Å². The zero-order chi connectivity index (χ0) is 63.7. The largest absolute Gasteiger partial charge is 0.504 e. The summed E-state index contributed by atoms with van der Waals surface area (Å²) in [7, 11) is 0. The van der Waals surface area contributed by atoms with Gasteiger partial charge in [-0.2, -0.15) is 0 Å². The Morgan fingerprint density at radius 3 is 1.62 bits per heavy atom. The zero-order valence-corrected chi connectivity index (χ0v) is 43.1. The first kappa shape index (κ1) is 60.4. The Morgan fingerprint density at radius 1 is 0.448 bits per heavy atom. The van der Waals surface area contributed by atoms with Gasteiger partial charge in [-0.25, -0.2) is 24.0 Å². The second kappa shape index (κ2) is 22.8. The van der Waals surface area contributed by atoms with E-state index in [0.717, 1.165) is 12.1 Å². The lowest BCUT2D eigenvalue weighted by molar-refractivity contribution is -0.283. The lowest BCUT2D eigenvalue weighted by atomic mass is 9.94. The molecule has 0 spiro atoms. The highest BCUT2D eigenvalue weighted by molar-refractivity contribution is 6.05. The highest BCUT2D eigenvalue weighted by Crippen LogP contribution is 2.55. The number of aliphatic hydroxyl groups is 4. The molecule has 9 atom stereocenters. The molecule has 460 valence electrons. The second-order valence-corrected chi connectivity index (χ2v) is 19.0. The fraction of sp³-hybridized carbons (Fsp3) is 0.226. The smallest absolute Gasteiger partial charge is 0.344 e. The zero-order valence-electron chi connectivity index (χ0n) is 43.1. The van der Waals surface area contributed by atoms with E-state index in [2.05, 4.69) is 0 Å². The van der Waals surface area contributed by atoms with Crippen molar-refractivity contribution in [1.29, 1.82) is 0 Å². The molecule has 0 amide bonds. The van der Waals surface area contributed by atoms with Crippen molar-refractivity contribution in [2.75, 3.05) is 13.2 Å². The molecule has 0 aliphatic carbocycles. The van der Waals surface area contributed by atoms with Crippen LogP contribution in [0.25, 0.3) is 22.3 Å². The number of phenols is 17. The van der Waals surface area contributed by atoms with Gasteiger partial charge in [0.05, 0.1) is 36.0 Å². The van der Waals surface area contributed by atoms with Crippen LogP contribution >= 0.6 is 0 Å². The number of hydrogen-bond donors (Lipinski definition) is 21. The van der Waals surface area contributed by atoms with Crippen LogP contribution < -0.4 is 4.74 Å². The number of aromatic hydroxyl groups is 17. The Bertz CT molecular complexity index is 3860. The molecule has 3 aliphatic rings. The van der Waals surface area contributed by atoms with Gasteiger partial charge in [0.2, 0.25) is 58.9 Å². The molecule has 2 fully saturated rings. The Hall–Kier alpha value is -11.2. The van der Waals surface area contributed by atoms with Crippen LogP contribution in [-0.4, -0.2) is 206 Å². The lowest BCUT2D eigenvalue weighted by Gasteiger charge is -2.42. The molecule has 6 aromatic rings. The van der Waals surface area contributed by atoms with E-state index < -0.39 is 264 Å². The third kappa shape index (κ3) is 10.6. The first-order valence-electron chi connectivity index (χ1n) is 24.5. The predicted molar refractivity (Wildman–Crippen MR) is 272 cm³/mol. The highest BCUT2D eigenvalue weighted by Gasteiger charge is 2.53. The first-order valence-corrected chi connectivity index (χ1v) is 24.5. The van der Waals surface area contributed by atoms with Crippen molar-refractivity contribution in [2.45, 2.75) is 61.7 Å². The Labute approximate surface area is 480 Å². The van der Waals surface area contributed by atoms with Crippen LogP contribution in [0.1, 0.15) is 58.2 Å². The van der Waals surface area contributed by atoms with Gasteiger partial charge in [0.1, 0.15) is 29.4 Å². The van der Waals surface area contributed by atoms with Gasteiger partial charge in [0.15, 0.2) is 81.2 Å². The van der Waals surface area contributed by atoms with Gasteiger partial charge in [-0.05, 0) is 42.5 Å². The quantitative estimate of drug-likeness (QED) is 0.0481. The van der Waals surface area contributed by atoms with Crippen molar-refractivity contribution >= 4 is 29.8 Å². The van der Waals surface area contributed by atoms with Crippen molar-refractivity contribution < 1.29 is 169 Å². The SMILES string of the molecule is O=C(OC1OC(CO)C(O)C2OC(=O)c3cc(c(O)c(O)c3O)-c3c(cc(O)c(O)c3O)C(=O)OC12)c1cc(O)c(O)c(Oc2c(C(=O)OC3OC(CO)C(O)CC3OC(=O)c3cc(O)c(O)c(O)c3-c3ccc(O)c(O)c3O)cc(O)c(O)c2O)c1. The summed E-state index contributed by atoms with van der Waals surface area (Å²) in [6, 6.07) is 4.38. The number of carbonyl (C=O) groups is 5. The van der Waals surface area contributed by atoms with Gasteiger partial charge in [-0.15, -0.1) is 0 Å². The minimum absolute atomic E-state index is 0.350. The van der Waals surface area contributed by atoms with Crippen molar-refractivity contribution in [1.82, 2.24) is 0 Å². The molecule has 0 radical (unpaired) electrons. The summed E-state index contributed by atoms with van der Waals surface area (Å²) in [4.78, 5) is 70.1. The number of rotatable bonds is 11. The summed E-state index contributed by atoms with van der Waals surface area (Å²) < 4.78 is 43.6. The minimum Gasteiger partial charge on any atom is -0.504 e. The maximum atomic E-state index is 14.2. The summed E-state index contributed by atoms with van der Waals surface area (Å²) in [5, 5.41) is 223. The van der Waals surface area contributed by atoms with Crippen molar-refractivity contribution in [3.8, 4) is 131 Å². The summed E-state index contributed by atoms with van der Waals surface area (Å²) in [5.74, 6) is -33.4. The first-order chi connectivity index (χ1) is 41.0. The molecule has 9 unspecified atom stereocenters. The van der Waals surface area contributed by atoms with Gasteiger partial charge in [0, 0.05) is 34.7 Å². The Kier molecular flexibility index (Phi) is 15.8. The summed E-state index contributed by atoms with van der Waals surface area (Å²) in [6.45, 7) is -2.23. The minimum atomic E-state index is -2.51. The van der Waals surface area contributed by atoms with Gasteiger partial charge in [-0.1, -0.05) is 0 Å². The third-order valence-electron chi connectivity index (χ3n) is 13.7. The molecule has 87 heavy (non-hydrogen) atoms. The molecule has 3 heterocycles. The summed E-state index contributed by atoms with van der Waals surface area (Å²) >= 11 is 0. The summed E-state index contributed by atoms with van der Waals surface area (Å²) in [5.41, 5.74) is -8.57. The van der Waals surface area contributed by atoms with Crippen molar-refractivity contribution in [3.63, 3.8) is 0 Å². The molecular weight excluding hydrogens is 1180 g/mol. The normalized spacial score (nSPS) is 21.6. The number of phenolic OH excluding ortho intramolecular Hbond substituents is 17. The van der Waals surface area contributed by atoms with Gasteiger partial charge < -0.3 is 145 Å². The van der Waals surface area contributed by atoms with Gasteiger partial charge >= 0.3 is 29.8 Å². The van der Waals surface area contributed by atoms with E-state index in [-0.39, 0.29) is 0 Å². The molecular formula is C53H44O34. The number of benzene rings is 6. The predicted octanol–water partition coefficient (Wildman–Crippen LogP) is 0.658. The van der Waals surface area contributed by atoms with E-state index in [9.17, 15) is 131 Å². The van der Waals surface area contributed by atoms with Crippen LogP contribution in [0.3, 0.4) is 0 Å². The fourth-order valence-corrected chi connectivity index (χ4v) is 9.24. The van der Waals surface area contributed by atoms with Crippen LogP contribution in [0.15, 0.2) is 48.5 Å². The van der Waals surface area contributed by atoms with E-state index in [1.54, 1.807) is 0 Å². The van der Waals surface area contributed by atoms with E-state index in [1.807, 2.05) is 0 Å². The van der Waals surface area contributed by atoms with Crippen LogP contribution in [0.5, 0.6) is 109 Å². The number of fused-ring (bicyclic) bond motifs is 5. The molecule has 6 aromatic carbocycles. The fourth-order valence-electron chi connectivity index (χ4n) is 9.24. The Morgan fingerprint density at radius 2 is 0.966 bits per heavy atom. The molecule has 0 saturated carbocycles. The maximum Gasteiger partial charge on any atom is 0.344 e. The molecule has 2 saturated heterocycles. The number of carbonyl (C=O) groups excluding carboxylic acids is 5. The number of esters is 5.